The maximum atomic E-state index is 13.2. The van der Waals surface area contributed by atoms with Crippen LogP contribution < -0.4 is 0 Å². The minimum atomic E-state index is -4.52. The van der Waals surface area contributed by atoms with Crippen LogP contribution in [-0.2, 0) is 10.1 Å². The van der Waals surface area contributed by atoms with Crippen LogP contribution in [0.4, 0.5) is 13.2 Å². The predicted octanol–water partition coefficient (Wildman–Crippen LogP) is 3.16. The van der Waals surface area contributed by atoms with E-state index in [-0.39, 0.29) is 18.4 Å². The van der Waals surface area contributed by atoms with Crippen LogP contribution in [0.15, 0.2) is 22.9 Å². The maximum Gasteiger partial charge on any atom is 0.395 e. The molecular formula is C11H11BrF3NO3S. The molecule has 1 fully saturated rings. The van der Waals surface area contributed by atoms with Crippen LogP contribution in [0.5, 0.6) is 0 Å². The minimum Gasteiger partial charge on any atom is -0.286 e. The molecule has 1 atom stereocenters. The first-order valence-corrected chi connectivity index (χ1v) is 8.09. The van der Waals surface area contributed by atoms with Crippen molar-refractivity contribution in [2.24, 2.45) is 5.41 Å². The van der Waals surface area contributed by atoms with Gasteiger partial charge in [-0.15, -0.1) is 0 Å². The number of rotatable bonds is 4. The summed E-state index contributed by atoms with van der Waals surface area (Å²) < 4.78 is 71.0. The van der Waals surface area contributed by atoms with Crippen LogP contribution >= 0.6 is 15.9 Å². The third-order valence-electron chi connectivity index (χ3n) is 3.55. The van der Waals surface area contributed by atoms with Gasteiger partial charge in [-0.1, -0.05) is 6.07 Å². The van der Waals surface area contributed by atoms with Crippen molar-refractivity contribution in [1.29, 1.82) is 0 Å². The van der Waals surface area contributed by atoms with Crippen molar-refractivity contribution in [3.63, 3.8) is 0 Å². The zero-order valence-electron chi connectivity index (χ0n) is 10.1. The summed E-state index contributed by atoms with van der Waals surface area (Å²) in [5.74, 6) is -2.31. The molecule has 1 saturated carbocycles. The summed E-state index contributed by atoms with van der Waals surface area (Å²) in [6.45, 7) is 0. The molecule has 0 aromatic carbocycles. The van der Waals surface area contributed by atoms with Crippen molar-refractivity contribution in [2.75, 3.05) is 5.75 Å². The van der Waals surface area contributed by atoms with Crippen molar-refractivity contribution in [3.8, 4) is 0 Å². The topological polar surface area (TPSA) is 67.3 Å². The standard InChI is InChI=1S/C11H11BrF3NO3S/c12-9-2-1-7(5-16-9)8(6-20(17,18)19)10(3-4-10)11(13,14)15/h1-2,5,8H,3-4,6H2,(H,17,18,19). The van der Waals surface area contributed by atoms with E-state index in [0.29, 0.717) is 4.60 Å². The lowest BCUT2D eigenvalue weighted by Gasteiger charge is -2.28. The van der Waals surface area contributed by atoms with E-state index in [4.69, 9.17) is 4.55 Å². The number of nitrogens with zero attached hydrogens (tertiary/aromatic N) is 1. The van der Waals surface area contributed by atoms with Crippen LogP contribution in [0.3, 0.4) is 0 Å². The van der Waals surface area contributed by atoms with E-state index >= 15 is 0 Å². The summed E-state index contributed by atoms with van der Waals surface area (Å²) in [5.41, 5.74) is -1.93. The highest BCUT2D eigenvalue weighted by atomic mass is 79.9. The van der Waals surface area contributed by atoms with Crippen molar-refractivity contribution in [3.05, 3.63) is 28.5 Å². The van der Waals surface area contributed by atoms with Crippen molar-refractivity contribution in [1.82, 2.24) is 4.98 Å². The van der Waals surface area contributed by atoms with E-state index in [1.54, 1.807) is 0 Å². The lowest BCUT2D eigenvalue weighted by molar-refractivity contribution is -0.192. The molecule has 1 unspecified atom stereocenters. The van der Waals surface area contributed by atoms with Crippen molar-refractivity contribution in [2.45, 2.75) is 24.9 Å². The van der Waals surface area contributed by atoms with Crippen LogP contribution in [0.25, 0.3) is 0 Å². The van der Waals surface area contributed by atoms with E-state index in [2.05, 4.69) is 20.9 Å². The largest absolute Gasteiger partial charge is 0.395 e. The SMILES string of the molecule is O=S(=O)(O)CC(c1ccc(Br)nc1)C1(C(F)(F)F)CC1. The van der Waals surface area contributed by atoms with E-state index in [1.807, 2.05) is 0 Å². The summed E-state index contributed by atoms with van der Waals surface area (Å²) in [5, 5.41) is 0. The Balaban J connectivity index is 2.43. The highest BCUT2D eigenvalue weighted by molar-refractivity contribution is 9.10. The van der Waals surface area contributed by atoms with Gasteiger partial charge in [-0.05, 0) is 40.4 Å². The molecule has 1 heterocycles. The summed E-state index contributed by atoms with van der Waals surface area (Å²) in [6, 6.07) is 2.83. The number of pyridine rings is 1. The highest BCUT2D eigenvalue weighted by Gasteiger charge is 2.67. The molecule has 1 aliphatic carbocycles. The number of aromatic nitrogens is 1. The number of halogens is 4. The fourth-order valence-corrected chi connectivity index (χ4v) is 3.51. The Labute approximate surface area is 122 Å². The first-order chi connectivity index (χ1) is 9.05. The Morgan fingerprint density at radius 2 is 2.00 bits per heavy atom. The molecule has 0 saturated heterocycles. The number of alkyl halides is 3. The second-order valence-corrected chi connectivity index (χ2v) is 7.18. The number of hydrogen-bond donors (Lipinski definition) is 1. The number of hydrogen-bond acceptors (Lipinski definition) is 3. The van der Waals surface area contributed by atoms with Gasteiger partial charge in [0, 0.05) is 12.1 Å². The van der Waals surface area contributed by atoms with Gasteiger partial charge < -0.3 is 0 Å². The molecule has 112 valence electrons. The average Bonchev–Trinajstić information content (AvgIpc) is 3.06. The lowest BCUT2D eigenvalue weighted by Crippen LogP contribution is -2.34. The fourth-order valence-electron chi connectivity index (χ4n) is 2.34. The third-order valence-corrected chi connectivity index (χ3v) is 4.77. The van der Waals surface area contributed by atoms with Gasteiger partial charge in [0.05, 0.1) is 11.2 Å². The predicted molar refractivity (Wildman–Crippen MR) is 68.8 cm³/mol. The second kappa shape index (κ2) is 4.96. The van der Waals surface area contributed by atoms with E-state index < -0.39 is 33.4 Å². The molecule has 2 rings (SSSR count). The zero-order chi connectivity index (χ0) is 15.2. The van der Waals surface area contributed by atoms with Gasteiger partial charge in [-0.25, -0.2) is 4.98 Å². The molecule has 0 spiro atoms. The van der Waals surface area contributed by atoms with Gasteiger partial charge >= 0.3 is 6.18 Å². The van der Waals surface area contributed by atoms with E-state index in [9.17, 15) is 21.6 Å². The van der Waals surface area contributed by atoms with Gasteiger partial charge in [0.2, 0.25) is 0 Å². The molecule has 0 aliphatic heterocycles. The average molecular weight is 374 g/mol. The minimum absolute atomic E-state index is 0.146. The molecule has 9 heteroatoms. The van der Waals surface area contributed by atoms with E-state index in [1.165, 1.54) is 18.3 Å². The van der Waals surface area contributed by atoms with Gasteiger partial charge in [-0.3, -0.25) is 4.55 Å². The van der Waals surface area contributed by atoms with Crippen LogP contribution in [0.1, 0.15) is 24.3 Å². The Hall–Kier alpha value is -0.670. The molecule has 0 bridgehead atoms. The van der Waals surface area contributed by atoms with Crippen molar-refractivity contribution < 1.29 is 26.1 Å². The Morgan fingerprint density at radius 1 is 1.40 bits per heavy atom. The molecule has 20 heavy (non-hydrogen) atoms. The highest BCUT2D eigenvalue weighted by Crippen LogP contribution is 2.65. The molecular weight excluding hydrogens is 363 g/mol. The van der Waals surface area contributed by atoms with Gasteiger partial charge in [0.1, 0.15) is 4.60 Å². The Kier molecular flexibility index (Phi) is 3.89. The van der Waals surface area contributed by atoms with Gasteiger partial charge in [-0.2, -0.15) is 21.6 Å². The third kappa shape index (κ3) is 3.15. The second-order valence-electron chi connectivity index (χ2n) is 4.87. The Bertz CT molecular complexity index is 596. The summed E-state index contributed by atoms with van der Waals surface area (Å²) >= 11 is 3.06. The molecule has 1 aromatic rings. The van der Waals surface area contributed by atoms with Crippen LogP contribution in [-0.4, -0.2) is 29.9 Å². The molecule has 4 nitrogen and oxygen atoms in total. The Morgan fingerprint density at radius 3 is 2.35 bits per heavy atom. The van der Waals surface area contributed by atoms with Crippen LogP contribution in [0, 0.1) is 5.41 Å². The molecule has 0 radical (unpaired) electrons. The quantitative estimate of drug-likeness (QED) is 0.650. The maximum absolute atomic E-state index is 13.2. The van der Waals surface area contributed by atoms with Crippen LogP contribution in [0.2, 0.25) is 0 Å². The van der Waals surface area contributed by atoms with E-state index in [0.717, 1.165) is 0 Å². The summed E-state index contributed by atoms with van der Waals surface area (Å²) in [6.07, 6.45) is -3.61. The molecule has 0 amide bonds. The summed E-state index contributed by atoms with van der Waals surface area (Å²) in [7, 11) is -4.52. The van der Waals surface area contributed by atoms with Crippen molar-refractivity contribution >= 4 is 26.0 Å². The zero-order valence-corrected chi connectivity index (χ0v) is 12.5. The molecule has 1 N–H and O–H groups in total. The first-order valence-electron chi connectivity index (χ1n) is 5.68. The molecule has 1 aliphatic rings. The summed E-state index contributed by atoms with van der Waals surface area (Å²) in [4.78, 5) is 3.83. The molecule has 1 aromatic heterocycles. The lowest BCUT2D eigenvalue weighted by atomic mass is 9.84. The normalized spacial score (nSPS) is 19.6. The smallest absolute Gasteiger partial charge is 0.286 e. The first kappa shape index (κ1) is 15.7. The monoisotopic (exact) mass is 373 g/mol. The van der Waals surface area contributed by atoms with Gasteiger partial charge in [0.25, 0.3) is 10.1 Å². The van der Waals surface area contributed by atoms with Gasteiger partial charge in [0.15, 0.2) is 0 Å². The fraction of sp³-hybridized carbons (Fsp3) is 0.545.